The molecule has 1 aromatic carbocycles. The van der Waals surface area contributed by atoms with Gasteiger partial charge < -0.3 is 10.2 Å². The fourth-order valence-corrected chi connectivity index (χ4v) is 1.98. The number of benzene rings is 1. The number of nitrogens with one attached hydrogen (secondary N) is 1. The molecule has 0 heterocycles. The molecule has 1 atom stereocenters. The largest absolute Gasteiger partial charge is 0.326 e. The van der Waals surface area contributed by atoms with Crippen LogP contribution in [0.1, 0.15) is 27.2 Å². The number of carbonyl (C=O) groups excluding carboxylic acids is 1. The molecular formula is C14H23ClN2O. The summed E-state index contributed by atoms with van der Waals surface area (Å²) in [5.41, 5.74) is 0.865. The minimum atomic E-state index is 0. The number of para-hydroxylation sites is 1. The molecule has 3 nitrogen and oxygen atoms in total. The maximum absolute atomic E-state index is 11.8. The van der Waals surface area contributed by atoms with Gasteiger partial charge in [0.05, 0.1) is 0 Å². The highest BCUT2D eigenvalue weighted by molar-refractivity contribution is 5.91. The van der Waals surface area contributed by atoms with Crippen LogP contribution in [0.4, 0.5) is 5.69 Å². The Balaban J connectivity index is 0.00000289. The van der Waals surface area contributed by atoms with Gasteiger partial charge in [0.1, 0.15) is 0 Å². The Morgan fingerprint density at radius 1 is 1.22 bits per heavy atom. The normalized spacial score (nSPS) is 11.8. The minimum absolute atomic E-state index is 0. The highest BCUT2D eigenvalue weighted by atomic mass is 35.5. The Kier molecular flexibility index (Phi) is 8.42. The van der Waals surface area contributed by atoms with E-state index in [1.165, 1.54) is 0 Å². The fraction of sp³-hybridized carbons (Fsp3) is 0.500. The van der Waals surface area contributed by atoms with Gasteiger partial charge in [-0.2, -0.15) is 0 Å². The monoisotopic (exact) mass is 270 g/mol. The first-order valence-corrected chi connectivity index (χ1v) is 6.26. The topological polar surface area (TPSA) is 32.3 Å². The molecule has 0 radical (unpaired) electrons. The lowest BCUT2D eigenvalue weighted by molar-refractivity contribution is -0.117. The van der Waals surface area contributed by atoms with E-state index >= 15 is 0 Å². The molecule has 4 heteroatoms. The smallest absolute Gasteiger partial charge is 0.225 e. The van der Waals surface area contributed by atoms with Crippen LogP contribution in [0.25, 0.3) is 0 Å². The zero-order valence-electron chi connectivity index (χ0n) is 11.3. The Labute approximate surface area is 116 Å². The number of halogens is 1. The van der Waals surface area contributed by atoms with Gasteiger partial charge in [0, 0.05) is 18.2 Å². The Bertz CT molecular complexity index is 339. The van der Waals surface area contributed by atoms with Crippen molar-refractivity contribution < 1.29 is 4.79 Å². The summed E-state index contributed by atoms with van der Waals surface area (Å²) in [5.74, 6) is 0.0793. The quantitative estimate of drug-likeness (QED) is 0.861. The first-order chi connectivity index (χ1) is 8.17. The summed E-state index contributed by atoms with van der Waals surface area (Å²) in [5, 5.41) is 2.91. The zero-order chi connectivity index (χ0) is 12.7. The van der Waals surface area contributed by atoms with E-state index in [2.05, 4.69) is 31.0 Å². The van der Waals surface area contributed by atoms with Crippen molar-refractivity contribution >= 4 is 24.0 Å². The summed E-state index contributed by atoms with van der Waals surface area (Å²) < 4.78 is 0. The average molecular weight is 271 g/mol. The first kappa shape index (κ1) is 16.9. The number of nitrogens with zero attached hydrogens (tertiary/aromatic N) is 1. The summed E-state index contributed by atoms with van der Waals surface area (Å²) in [6.07, 6.45) is 0.538. The molecule has 0 saturated heterocycles. The van der Waals surface area contributed by atoms with Gasteiger partial charge in [-0.3, -0.25) is 4.79 Å². The van der Waals surface area contributed by atoms with Crippen molar-refractivity contribution in [1.29, 1.82) is 0 Å². The summed E-state index contributed by atoms with van der Waals surface area (Å²) in [7, 11) is 0. The molecule has 0 aliphatic rings. The van der Waals surface area contributed by atoms with Gasteiger partial charge >= 0.3 is 0 Å². The maximum atomic E-state index is 11.8. The van der Waals surface area contributed by atoms with Gasteiger partial charge in [0.25, 0.3) is 0 Å². The van der Waals surface area contributed by atoms with Crippen molar-refractivity contribution in [2.45, 2.75) is 33.2 Å². The van der Waals surface area contributed by atoms with Crippen molar-refractivity contribution in [3.63, 3.8) is 0 Å². The van der Waals surface area contributed by atoms with Crippen molar-refractivity contribution in [2.75, 3.05) is 18.4 Å². The van der Waals surface area contributed by atoms with E-state index < -0.39 is 0 Å². The van der Waals surface area contributed by atoms with Crippen molar-refractivity contribution in [3.05, 3.63) is 30.3 Å². The number of amides is 1. The molecule has 0 aromatic heterocycles. The van der Waals surface area contributed by atoms with E-state index in [1.54, 1.807) is 0 Å². The van der Waals surface area contributed by atoms with E-state index in [1.807, 2.05) is 30.3 Å². The number of anilines is 1. The van der Waals surface area contributed by atoms with Gasteiger partial charge in [-0.25, -0.2) is 0 Å². The lowest BCUT2D eigenvalue weighted by Crippen LogP contribution is -2.35. The Morgan fingerprint density at radius 3 is 2.28 bits per heavy atom. The van der Waals surface area contributed by atoms with E-state index in [-0.39, 0.29) is 24.4 Å². The van der Waals surface area contributed by atoms with E-state index in [0.29, 0.717) is 6.42 Å². The average Bonchev–Trinajstić information content (AvgIpc) is 2.31. The van der Waals surface area contributed by atoms with Crippen LogP contribution in [-0.2, 0) is 4.79 Å². The lowest BCUT2D eigenvalue weighted by Gasteiger charge is -2.25. The van der Waals surface area contributed by atoms with Crippen LogP contribution in [0, 0.1) is 0 Å². The van der Waals surface area contributed by atoms with Gasteiger partial charge in [-0.05, 0) is 32.1 Å². The number of hydrogen-bond donors (Lipinski definition) is 1. The van der Waals surface area contributed by atoms with Crippen LogP contribution >= 0.6 is 12.4 Å². The molecular weight excluding hydrogens is 248 g/mol. The molecule has 0 bridgehead atoms. The van der Waals surface area contributed by atoms with Crippen LogP contribution in [0.2, 0.25) is 0 Å². The third-order valence-corrected chi connectivity index (χ3v) is 2.97. The molecule has 18 heavy (non-hydrogen) atoms. The Hall–Kier alpha value is -1.06. The molecule has 0 spiro atoms. The summed E-state index contributed by atoms with van der Waals surface area (Å²) in [6, 6.07) is 9.87. The second kappa shape index (κ2) is 8.95. The highest BCUT2D eigenvalue weighted by Crippen LogP contribution is 2.08. The van der Waals surface area contributed by atoms with Gasteiger partial charge in [0.15, 0.2) is 0 Å². The van der Waals surface area contributed by atoms with Gasteiger partial charge in [-0.1, -0.05) is 32.0 Å². The number of carbonyl (C=O) groups is 1. The summed E-state index contributed by atoms with van der Waals surface area (Å²) >= 11 is 0. The minimum Gasteiger partial charge on any atom is -0.326 e. The summed E-state index contributed by atoms with van der Waals surface area (Å²) in [6.45, 7) is 8.30. The standard InChI is InChI=1S/C14H22N2O.ClH/c1-4-16(5-2)12(3)11-14(17)15-13-9-7-6-8-10-13;/h6-10,12H,4-5,11H2,1-3H3,(H,15,17);1H/t12-;/m1./s1. The maximum Gasteiger partial charge on any atom is 0.225 e. The molecule has 0 unspecified atom stereocenters. The van der Waals surface area contributed by atoms with Crippen LogP contribution in [0.3, 0.4) is 0 Å². The molecule has 0 fully saturated rings. The molecule has 1 amide bonds. The van der Waals surface area contributed by atoms with Crippen LogP contribution in [0.5, 0.6) is 0 Å². The van der Waals surface area contributed by atoms with Gasteiger partial charge in [0.2, 0.25) is 5.91 Å². The molecule has 1 N–H and O–H groups in total. The van der Waals surface area contributed by atoms with Crippen molar-refractivity contribution in [1.82, 2.24) is 4.90 Å². The summed E-state index contributed by atoms with van der Waals surface area (Å²) in [4.78, 5) is 14.1. The SMILES string of the molecule is CCN(CC)[C@H](C)CC(=O)Nc1ccccc1.Cl. The molecule has 0 saturated carbocycles. The first-order valence-electron chi connectivity index (χ1n) is 6.26. The third-order valence-electron chi connectivity index (χ3n) is 2.97. The molecule has 0 aliphatic carbocycles. The number of rotatable bonds is 6. The predicted molar refractivity (Wildman–Crippen MR) is 79.3 cm³/mol. The molecule has 1 aromatic rings. The third kappa shape index (κ3) is 5.52. The van der Waals surface area contributed by atoms with Crippen LogP contribution in [0.15, 0.2) is 30.3 Å². The predicted octanol–water partition coefficient (Wildman–Crippen LogP) is 3.17. The molecule has 0 aliphatic heterocycles. The number of hydrogen-bond acceptors (Lipinski definition) is 2. The van der Waals surface area contributed by atoms with Gasteiger partial charge in [-0.15, -0.1) is 12.4 Å². The fourth-order valence-electron chi connectivity index (χ4n) is 1.98. The Morgan fingerprint density at radius 2 is 1.78 bits per heavy atom. The van der Waals surface area contributed by atoms with Crippen molar-refractivity contribution in [3.8, 4) is 0 Å². The van der Waals surface area contributed by atoms with Crippen molar-refractivity contribution in [2.24, 2.45) is 0 Å². The highest BCUT2D eigenvalue weighted by Gasteiger charge is 2.14. The molecule has 102 valence electrons. The second-order valence-corrected chi connectivity index (χ2v) is 4.19. The lowest BCUT2D eigenvalue weighted by atomic mass is 10.2. The van der Waals surface area contributed by atoms with E-state index in [9.17, 15) is 4.79 Å². The second-order valence-electron chi connectivity index (χ2n) is 4.19. The zero-order valence-corrected chi connectivity index (χ0v) is 12.2. The van der Waals surface area contributed by atoms with Crippen LogP contribution in [-0.4, -0.2) is 29.9 Å². The van der Waals surface area contributed by atoms with E-state index in [4.69, 9.17) is 0 Å². The van der Waals surface area contributed by atoms with E-state index in [0.717, 1.165) is 18.8 Å². The molecule has 1 rings (SSSR count). The van der Waals surface area contributed by atoms with Crippen LogP contribution < -0.4 is 5.32 Å².